The smallest absolute Gasteiger partial charge is 0.355 e. The highest BCUT2D eigenvalue weighted by molar-refractivity contribution is 5.88. The summed E-state index contributed by atoms with van der Waals surface area (Å²) in [5.74, 6) is 1.06. The highest BCUT2D eigenvalue weighted by Gasteiger charge is 2.24. The van der Waals surface area contributed by atoms with Crippen LogP contribution in [0.25, 0.3) is 5.65 Å². The van der Waals surface area contributed by atoms with Crippen molar-refractivity contribution < 1.29 is 9.53 Å². The molecule has 6 heteroatoms. The van der Waals surface area contributed by atoms with E-state index in [0.717, 1.165) is 31.9 Å². The molecular formula is C15H20N4O2. The van der Waals surface area contributed by atoms with Gasteiger partial charge in [-0.25, -0.2) is 4.79 Å². The molecule has 112 valence electrons. The Hall–Kier alpha value is -1.95. The number of fused-ring (bicyclic) bond motifs is 1. The maximum Gasteiger partial charge on any atom is 0.355 e. The van der Waals surface area contributed by atoms with Gasteiger partial charge >= 0.3 is 5.97 Å². The first-order valence-electron chi connectivity index (χ1n) is 7.36. The maximum atomic E-state index is 11.9. The zero-order valence-electron chi connectivity index (χ0n) is 12.5. The second kappa shape index (κ2) is 5.81. The van der Waals surface area contributed by atoms with Gasteiger partial charge in [0.2, 0.25) is 0 Å². The molecule has 0 aliphatic carbocycles. The van der Waals surface area contributed by atoms with Crippen LogP contribution in [0.3, 0.4) is 0 Å². The number of aromatic nitrogens is 3. The molecule has 0 spiro atoms. The molecule has 1 aliphatic heterocycles. The van der Waals surface area contributed by atoms with Gasteiger partial charge in [-0.1, -0.05) is 13.0 Å². The van der Waals surface area contributed by atoms with Gasteiger partial charge in [-0.3, -0.25) is 4.40 Å². The number of carbonyl (C=O) groups excluding carboxylic acids is 1. The van der Waals surface area contributed by atoms with Gasteiger partial charge in [0.25, 0.3) is 0 Å². The van der Waals surface area contributed by atoms with Crippen LogP contribution in [0.2, 0.25) is 0 Å². The standard InChI is InChI=1S/C15H20N4O2/c1-3-18-8-7-11(10-18)9-14-17-16-13-6-4-5-12(19(13)14)15(20)21-2/h4-6,11H,3,7-10H2,1-2H3. The molecular weight excluding hydrogens is 268 g/mol. The van der Waals surface area contributed by atoms with Gasteiger partial charge < -0.3 is 9.64 Å². The molecule has 1 aliphatic rings. The van der Waals surface area contributed by atoms with Crippen molar-refractivity contribution in [2.24, 2.45) is 5.92 Å². The molecule has 0 aromatic carbocycles. The van der Waals surface area contributed by atoms with Gasteiger partial charge in [-0.15, -0.1) is 10.2 Å². The lowest BCUT2D eigenvalue weighted by Crippen LogP contribution is -2.21. The van der Waals surface area contributed by atoms with Crippen LogP contribution in [0.5, 0.6) is 0 Å². The monoisotopic (exact) mass is 288 g/mol. The number of esters is 1. The third kappa shape index (κ3) is 2.63. The summed E-state index contributed by atoms with van der Waals surface area (Å²) in [6.07, 6.45) is 2.01. The Labute approximate surface area is 123 Å². The summed E-state index contributed by atoms with van der Waals surface area (Å²) in [5, 5.41) is 8.44. The van der Waals surface area contributed by atoms with Crippen molar-refractivity contribution in [2.45, 2.75) is 19.8 Å². The highest BCUT2D eigenvalue weighted by atomic mass is 16.5. The van der Waals surface area contributed by atoms with E-state index in [0.29, 0.717) is 17.3 Å². The van der Waals surface area contributed by atoms with Crippen molar-refractivity contribution in [3.05, 3.63) is 29.7 Å². The van der Waals surface area contributed by atoms with E-state index in [1.54, 1.807) is 12.1 Å². The zero-order chi connectivity index (χ0) is 14.8. The van der Waals surface area contributed by atoms with E-state index in [1.807, 2.05) is 10.5 Å². The predicted molar refractivity (Wildman–Crippen MR) is 78.3 cm³/mol. The number of rotatable bonds is 4. The normalized spacial score (nSPS) is 19.2. The molecule has 6 nitrogen and oxygen atoms in total. The maximum absolute atomic E-state index is 11.9. The van der Waals surface area contributed by atoms with Crippen LogP contribution in [0.4, 0.5) is 0 Å². The fourth-order valence-electron chi connectivity index (χ4n) is 3.02. The van der Waals surface area contributed by atoms with Crippen molar-refractivity contribution in [2.75, 3.05) is 26.7 Å². The number of methoxy groups -OCH3 is 1. The molecule has 0 amide bonds. The van der Waals surface area contributed by atoms with Crippen molar-refractivity contribution in [3.63, 3.8) is 0 Å². The highest BCUT2D eigenvalue weighted by Crippen LogP contribution is 2.21. The van der Waals surface area contributed by atoms with Gasteiger partial charge in [0.15, 0.2) is 5.65 Å². The molecule has 0 radical (unpaired) electrons. The molecule has 0 bridgehead atoms. The number of hydrogen-bond donors (Lipinski definition) is 0. The molecule has 3 rings (SSSR count). The fourth-order valence-corrected chi connectivity index (χ4v) is 3.02. The second-order valence-corrected chi connectivity index (χ2v) is 5.46. The van der Waals surface area contributed by atoms with E-state index in [2.05, 4.69) is 22.0 Å². The van der Waals surface area contributed by atoms with E-state index in [4.69, 9.17) is 4.74 Å². The quantitative estimate of drug-likeness (QED) is 0.796. The number of pyridine rings is 1. The number of hydrogen-bond acceptors (Lipinski definition) is 5. The molecule has 3 heterocycles. The Balaban J connectivity index is 1.90. The van der Waals surface area contributed by atoms with Crippen molar-refractivity contribution >= 4 is 11.6 Å². The molecule has 0 N–H and O–H groups in total. The lowest BCUT2D eigenvalue weighted by atomic mass is 10.0. The summed E-state index contributed by atoms with van der Waals surface area (Å²) in [7, 11) is 1.39. The zero-order valence-corrected chi connectivity index (χ0v) is 12.5. The van der Waals surface area contributed by atoms with Crippen LogP contribution >= 0.6 is 0 Å². The number of carbonyl (C=O) groups is 1. The van der Waals surface area contributed by atoms with Gasteiger partial charge in [0, 0.05) is 13.0 Å². The van der Waals surface area contributed by atoms with Crippen LogP contribution in [-0.4, -0.2) is 52.2 Å². The van der Waals surface area contributed by atoms with Crippen LogP contribution in [0.1, 0.15) is 29.7 Å². The Morgan fingerprint density at radius 1 is 1.43 bits per heavy atom. The first kappa shape index (κ1) is 14.0. The Kier molecular flexibility index (Phi) is 3.88. The average molecular weight is 288 g/mol. The lowest BCUT2D eigenvalue weighted by molar-refractivity contribution is 0.0592. The summed E-state index contributed by atoms with van der Waals surface area (Å²) in [6, 6.07) is 5.41. The number of ether oxygens (including phenoxy) is 1. The van der Waals surface area contributed by atoms with Crippen LogP contribution in [0.15, 0.2) is 18.2 Å². The van der Waals surface area contributed by atoms with E-state index in [9.17, 15) is 4.79 Å². The van der Waals surface area contributed by atoms with Crippen LogP contribution < -0.4 is 0 Å². The molecule has 1 saturated heterocycles. The van der Waals surface area contributed by atoms with E-state index in [-0.39, 0.29) is 5.97 Å². The Morgan fingerprint density at radius 2 is 2.29 bits per heavy atom. The van der Waals surface area contributed by atoms with E-state index < -0.39 is 0 Å². The Morgan fingerprint density at radius 3 is 3.00 bits per heavy atom. The summed E-state index contributed by atoms with van der Waals surface area (Å²) in [4.78, 5) is 14.3. The predicted octanol–water partition coefficient (Wildman–Crippen LogP) is 1.40. The third-order valence-electron chi connectivity index (χ3n) is 4.18. The van der Waals surface area contributed by atoms with Gasteiger partial charge in [0.05, 0.1) is 7.11 Å². The SMILES string of the molecule is CCN1CCC(Cc2nnc3cccc(C(=O)OC)n23)C1. The minimum atomic E-state index is -0.358. The molecule has 2 aromatic rings. The first-order chi connectivity index (χ1) is 10.2. The van der Waals surface area contributed by atoms with Crippen molar-refractivity contribution in [1.82, 2.24) is 19.5 Å². The first-order valence-corrected chi connectivity index (χ1v) is 7.36. The molecule has 0 saturated carbocycles. The lowest BCUT2D eigenvalue weighted by Gasteiger charge is -2.12. The number of likely N-dealkylation sites (tertiary alicyclic amines) is 1. The Bertz CT molecular complexity index is 652. The molecule has 1 atom stereocenters. The topological polar surface area (TPSA) is 59.7 Å². The average Bonchev–Trinajstić information content (AvgIpc) is 3.14. The van der Waals surface area contributed by atoms with Crippen LogP contribution in [0, 0.1) is 5.92 Å². The third-order valence-corrected chi connectivity index (χ3v) is 4.18. The number of nitrogens with zero attached hydrogens (tertiary/aromatic N) is 4. The summed E-state index contributed by atoms with van der Waals surface area (Å²) in [5.41, 5.74) is 1.18. The summed E-state index contributed by atoms with van der Waals surface area (Å²) in [6.45, 7) is 5.50. The minimum absolute atomic E-state index is 0.358. The molecule has 1 unspecified atom stereocenters. The minimum Gasteiger partial charge on any atom is -0.464 e. The summed E-state index contributed by atoms with van der Waals surface area (Å²) >= 11 is 0. The van der Waals surface area contributed by atoms with E-state index >= 15 is 0 Å². The van der Waals surface area contributed by atoms with Crippen LogP contribution in [-0.2, 0) is 11.2 Å². The van der Waals surface area contributed by atoms with E-state index in [1.165, 1.54) is 13.5 Å². The van der Waals surface area contributed by atoms with Gasteiger partial charge in [0.1, 0.15) is 11.5 Å². The van der Waals surface area contributed by atoms with Gasteiger partial charge in [-0.2, -0.15) is 0 Å². The van der Waals surface area contributed by atoms with Crippen molar-refractivity contribution in [3.8, 4) is 0 Å². The molecule has 1 fully saturated rings. The molecule has 21 heavy (non-hydrogen) atoms. The van der Waals surface area contributed by atoms with Crippen molar-refractivity contribution in [1.29, 1.82) is 0 Å². The second-order valence-electron chi connectivity index (χ2n) is 5.46. The largest absolute Gasteiger partial charge is 0.464 e. The fraction of sp³-hybridized carbons (Fsp3) is 0.533. The molecule has 2 aromatic heterocycles. The van der Waals surface area contributed by atoms with Gasteiger partial charge in [-0.05, 0) is 37.6 Å². The summed E-state index contributed by atoms with van der Waals surface area (Å²) < 4.78 is 6.67.